The van der Waals surface area contributed by atoms with Crippen molar-refractivity contribution in [1.29, 1.82) is 0 Å². The van der Waals surface area contributed by atoms with Gasteiger partial charge in [-0.1, -0.05) is 42.5 Å². The monoisotopic (exact) mass is 488 g/mol. The van der Waals surface area contributed by atoms with Gasteiger partial charge in [-0.2, -0.15) is 0 Å². The number of amides is 3. The second kappa shape index (κ2) is 11.4. The van der Waals surface area contributed by atoms with Crippen molar-refractivity contribution in [3.8, 4) is 11.5 Å². The number of para-hydroxylation sites is 1. The summed E-state index contributed by atoms with van der Waals surface area (Å²) in [5.41, 5.74) is 2.51. The van der Waals surface area contributed by atoms with E-state index in [1.165, 1.54) is 4.90 Å². The molecular weight excluding hydrogens is 464 g/mol. The topological polar surface area (TPSA) is 84.9 Å². The van der Waals surface area contributed by atoms with Gasteiger partial charge in [-0.25, -0.2) is 0 Å². The molecule has 1 aliphatic rings. The van der Waals surface area contributed by atoms with Crippen LogP contribution < -0.4 is 14.8 Å². The Bertz CT molecular complexity index is 1240. The Kier molecular flexibility index (Phi) is 7.84. The number of carbonyl (C=O) groups excluding carboxylic acids is 3. The lowest BCUT2D eigenvalue weighted by Gasteiger charge is -2.13. The van der Waals surface area contributed by atoms with E-state index < -0.39 is 0 Å². The van der Waals surface area contributed by atoms with E-state index >= 15 is 0 Å². The number of rotatable bonds is 9. The third-order valence-electron chi connectivity index (χ3n) is 5.05. The summed E-state index contributed by atoms with van der Waals surface area (Å²) in [6.07, 6.45) is 1.66. The first-order chi connectivity index (χ1) is 17.0. The Morgan fingerprint density at radius 1 is 0.943 bits per heavy atom. The number of ether oxygens (including phenoxy) is 2. The van der Waals surface area contributed by atoms with E-state index in [2.05, 4.69) is 5.32 Å². The van der Waals surface area contributed by atoms with Crippen molar-refractivity contribution in [1.82, 2.24) is 4.90 Å². The van der Waals surface area contributed by atoms with E-state index in [0.29, 0.717) is 16.4 Å². The number of thioether (sulfide) groups is 1. The highest BCUT2D eigenvalue weighted by atomic mass is 32.2. The van der Waals surface area contributed by atoms with Crippen LogP contribution >= 0.6 is 11.8 Å². The lowest BCUT2D eigenvalue weighted by Crippen LogP contribution is -2.32. The van der Waals surface area contributed by atoms with E-state index in [1.807, 2.05) is 61.5 Å². The van der Waals surface area contributed by atoms with Gasteiger partial charge in [0.2, 0.25) is 0 Å². The van der Waals surface area contributed by atoms with Crippen LogP contribution in [0.15, 0.2) is 83.8 Å². The molecule has 7 nitrogen and oxygen atoms in total. The van der Waals surface area contributed by atoms with E-state index in [9.17, 15) is 14.4 Å². The van der Waals surface area contributed by atoms with Gasteiger partial charge in [0.1, 0.15) is 18.1 Å². The van der Waals surface area contributed by atoms with Gasteiger partial charge < -0.3 is 14.8 Å². The van der Waals surface area contributed by atoms with E-state index in [4.69, 9.17) is 9.47 Å². The first-order valence-electron chi connectivity index (χ1n) is 11.0. The van der Waals surface area contributed by atoms with Crippen LogP contribution in [0.1, 0.15) is 11.1 Å². The Morgan fingerprint density at radius 2 is 1.69 bits per heavy atom. The Morgan fingerprint density at radius 3 is 2.43 bits per heavy atom. The number of benzene rings is 3. The summed E-state index contributed by atoms with van der Waals surface area (Å²) in [6.45, 7) is 2.22. The molecule has 1 N–H and O–H groups in total. The van der Waals surface area contributed by atoms with Gasteiger partial charge in [0.15, 0.2) is 6.61 Å². The van der Waals surface area contributed by atoms with Crippen LogP contribution in [0.3, 0.4) is 0 Å². The zero-order valence-electron chi connectivity index (χ0n) is 19.1. The molecule has 3 amide bonds. The standard InChI is InChI=1S/C27H24N2O5S/c1-19-6-5-7-21(16-19)28-25(30)18-34-23-12-10-20(11-13-23)17-24-26(31)29(27(32)35-24)14-15-33-22-8-3-2-4-9-22/h2-13,16-17H,14-15,18H2,1H3,(H,28,30)/b24-17-. The number of carbonyl (C=O) groups is 3. The maximum absolute atomic E-state index is 12.7. The molecule has 0 unspecified atom stereocenters. The zero-order chi connectivity index (χ0) is 24.6. The van der Waals surface area contributed by atoms with Gasteiger partial charge in [-0.3, -0.25) is 19.3 Å². The summed E-state index contributed by atoms with van der Waals surface area (Å²) >= 11 is 0.902. The fourth-order valence-electron chi connectivity index (χ4n) is 3.34. The first kappa shape index (κ1) is 24.1. The average Bonchev–Trinajstić information content (AvgIpc) is 3.11. The van der Waals surface area contributed by atoms with Crippen LogP contribution in [0.4, 0.5) is 10.5 Å². The molecule has 3 aromatic rings. The van der Waals surface area contributed by atoms with E-state index in [-0.39, 0.29) is 36.8 Å². The number of nitrogens with one attached hydrogen (secondary N) is 1. The summed E-state index contributed by atoms with van der Waals surface area (Å²) in [6, 6.07) is 23.7. The third-order valence-corrected chi connectivity index (χ3v) is 5.96. The Labute approximate surface area is 207 Å². The fraction of sp³-hybridized carbons (Fsp3) is 0.148. The minimum atomic E-state index is -0.343. The van der Waals surface area contributed by atoms with Crippen LogP contribution in [-0.4, -0.2) is 41.7 Å². The van der Waals surface area contributed by atoms with Crippen molar-refractivity contribution in [3.05, 3.63) is 94.9 Å². The van der Waals surface area contributed by atoms with Gasteiger partial charge in [-0.05, 0) is 72.3 Å². The molecule has 0 radical (unpaired) electrons. The molecule has 1 fully saturated rings. The molecule has 0 bridgehead atoms. The van der Waals surface area contributed by atoms with Gasteiger partial charge >= 0.3 is 0 Å². The molecule has 0 saturated carbocycles. The van der Waals surface area contributed by atoms with E-state index in [1.54, 1.807) is 30.3 Å². The van der Waals surface area contributed by atoms with Crippen LogP contribution in [0.5, 0.6) is 11.5 Å². The number of hydrogen-bond acceptors (Lipinski definition) is 6. The largest absolute Gasteiger partial charge is 0.492 e. The number of nitrogens with zero attached hydrogens (tertiary/aromatic N) is 1. The third kappa shape index (κ3) is 6.74. The van der Waals surface area contributed by atoms with Gasteiger partial charge in [0, 0.05) is 5.69 Å². The lowest BCUT2D eigenvalue weighted by atomic mass is 10.2. The first-order valence-corrected chi connectivity index (χ1v) is 11.8. The molecular formula is C27H24N2O5S. The summed E-state index contributed by atoms with van der Waals surface area (Å²) in [5, 5.41) is 2.47. The summed E-state index contributed by atoms with van der Waals surface area (Å²) in [4.78, 5) is 38.6. The summed E-state index contributed by atoms with van der Waals surface area (Å²) in [7, 11) is 0. The highest BCUT2D eigenvalue weighted by Crippen LogP contribution is 2.32. The predicted molar refractivity (Wildman–Crippen MR) is 136 cm³/mol. The average molecular weight is 489 g/mol. The zero-order valence-corrected chi connectivity index (χ0v) is 19.9. The highest BCUT2D eigenvalue weighted by Gasteiger charge is 2.34. The molecule has 1 aliphatic heterocycles. The van der Waals surface area contributed by atoms with Crippen molar-refractivity contribution in [2.75, 3.05) is 25.1 Å². The van der Waals surface area contributed by atoms with Crippen LogP contribution in [0.25, 0.3) is 6.08 Å². The molecule has 4 rings (SSSR count). The van der Waals surface area contributed by atoms with Crippen molar-refractivity contribution in [2.45, 2.75) is 6.92 Å². The molecule has 0 atom stereocenters. The van der Waals surface area contributed by atoms with Crippen molar-refractivity contribution in [2.24, 2.45) is 0 Å². The molecule has 3 aromatic carbocycles. The normalized spacial score (nSPS) is 14.3. The molecule has 1 heterocycles. The smallest absolute Gasteiger partial charge is 0.293 e. The Hall–Kier alpha value is -4.04. The minimum Gasteiger partial charge on any atom is -0.492 e. The van der Waals surface area contributed by atoms with Crippen LogP contribution in [0, 0.1) is 6.92 Å². The fourth-order valence-corrected chi connectivity index (χ4v) is 4.21. The van der Waals surface area contributed by atoms with Gasteiger partial charge in [-0.15, -0.1) is 0 Å². The highest BCUT2D eigenvalue weighted by molar-refractivity contribution is 8.18. The number of imide groups is 1. The molecule has 178 valence electrons. The predicted octanol–water partition coefficient (Wildman–Crippen LogP) is 5.13. The summed E-state index contributed by atoms with van der Waals surface area (Å²) in [5.74, 6) is 0.604. The molecule has 8 heteroatoms. The summed E-state index contributed by atoms with van der Waals surface area (Å²) < 4.78 is 11.1. The lowest BCUT2D eigenvalue weighted by molar-refractivity contribution is -0.123. The van der Waals surface area contributed by atoms with Gasteiger partial charge in [0.25, 0.3) is 17.1 Å². The van der Waals surface area contributed by atoms with E-state index in [0.717, 1.165) is 28.6 Å². The second-order valence-electron chi connectivity index (χ2n) is 7.77. The quantitative estimate of drug-likeness (QED) is 0.421. The molecule has 1 saturated heterocycles. The van der Waals surface area contributed by atoms with Crippen molar-refractivity contribution >= 4 is 40.6 Å². The maximum Gasteiger partial charge on any atom is 0.293 e. The molecule has 35 heavy (non-hydrogen) atoms. The van der Waals surface area contributed by atoms with Gasteiger partial charge in [0.05, 0.1) is 11.4 Å². The van der Waals surface area contributed by atoms with Crippen molar-refractivity contribution in [3.63, 3.8) is 0 Å². The second-order valence-corrected chi connectivity index (χ2v) is 8.76. The SMILES string of the molecule is Cc1cccc(NC(=O)COc2ccc(/C=C3\SC(=O)N(CCOc4ccccc4)C3=O)cc2)c1. The molecule has 0 aliphatic carbocycles. The number of anilines is 1. The maximum atomic E-state index is 12.7. The molecule has 0 spiro atoms. The van der Waals surface area contributed by atoms with Crippen LogP contribution in [-0.2, 0) is 9.59 Å². The Balaban J connectivity index is 1.28. The number of hydrogen-bond donors (Lipinski definition) is 1. The molecule has 0 aromatic heterocycles. The van der Waals surface area contributed by atoms with Crippen LogP contribution in [0.2, 0.25) is 0 Å². The van der Waals surface area contributed by atoms with Crippen molar-refractivity contribution < 1.29 is 23.9 Å². The number of aryl methyl sites for hydroxylation is 1. The minimum absolute atomic E-state index is 0.128.